The summed E-state index contributed by atoms with van der Waals surface area (Å²) in [6, 6.07) is 21.2. The molecule has 0 fully saturated rings. The van der Waals surface area contributed by atoms with Crippen molar-refractivity contribution in [2.75, 3.05) is 46.6 Å². The predicted octanol–water partition coefficient (Wildman–Crippen LogP) is 6.76. The van der Waals surface area contributed by atoms with E-state index in [2.05, 4.69) is 12.2 Å². The monoisotopic (exact) mass is 631 g/mol. The van der Waals surface area contributed by atoms with Crippen molar-refractivity contribution in [1.29, 1.82) is 0 Å². The minimum Gasteiger partial charge on any atom is -0.493 e. The Morgan fingerprint density at radius 1 is 0.804 bits per heavy atom. The highest BCUT2D eigenvalue weighted by molar-refractivity contribution is 5.97. The summed E-state index contributed by atoms with van der Waals surface area (Å²) in [5, 5.41) is 2.81. The fourth-order valence-electron chi connectivity index (χ4n) is 5.11. The maximum Gasteiger partial charge on any atom is 0.254 e. The molecular weight excluding hydrogens is 578 g/mol. The summed E-state index contributed by atoms with van der Waals surface area (Å²) < 4.78 is 17.4. The second kappa shape index (κ2) is 20.3. The summed E-state index contributed by atoms with van der Waals surface area (Å²) in [5.41, 5.74) is 11.0. The van der Waals surface area contributed by atoms with Crippen molar-refractivity contribution in [3.63, 3.8) is 0 Å². The Kier molecular flexibility index (Phi) is 16.1. The molecule has 0 spiro atoms. The van der Waals surface area contributed by atoms with Gasteiger partial charge in [-0.3, -0.25) is 9.59 Å². The van der Waals surface area contributed by atoms with Crippen molar-refractivity contribution in [1.82, 2.24) is 10.2 Å². The van der Waals surface area contributed by atoms with Crippen molar-refractivity contribution in [3.05, 3.63) is 94.5 Å². The first kappa shape index (κ1) is 36.6. The smallest absolute Gasteiger partial charge is 0.254 e. The molecule has 1 unspecified atom stereocenters. The van der Waals surface area contributed by atoms with Gasteiger partial charge in [-0.05, 0) is 66.8 Å². The number of carbonyl (C=O) groups excluding carboxylic acids is 2. The van der Waals surface area contributed by atoms with Gasteiger partial charge in [-0.15, -0.1) is 0 Å². The van der Waals surface area contributed by atoms with Crippen molar-refractivity contribution in [3.8, 4) is 11.5 Å². The van der Waals surface area contributed by atoms with E-state index in [0.29, 0.717) is 38.5 Å². The average molecular weight is 632 g/mol. The normalized spacial score (nSPS) is 11.6. The number of aryl methyl sites for hydroxylation is 1. The van der Waals surface area contributed by atoms with Crippen LogP contribution < -0.4 is 20.5 Å². The van der Waals surface area contributed by atoms with Crippen LogP contribution in [0.5, 0.6) is 11.5 Å². The van der Waals surface area contributed by atoms with Crippen LogP contribution in [0.25, 0.3) is 0 Å². The molecule has 0 aliphatic heterocycles. The van der Waals surface area contributed by atoms with Crippen LogP contribution in [0, 0.1) is 13.8 Å². The minimum atomic E-state index is -0.247. The minimum absolute atomic E-state index is 0.0486. The van der Waals surface area contributed by atoms with Crippen LogP contribution in [-0.4, -0.2) is 63.3 Å². The van der Waals surface area contributed by atoms with E-state index in [0.717, 1.165) is 46.6 Å². The molecule has 250 valence electrons. The predicted molar refractivity (Wildman–Crippen MR) is 185 cm³/mol. The Balaban J connectivity index is 1.31. The van der Waals surface area contributed by atoms with E-state index in [1.807, 2.05) is 74.5 Å². The highest BCUT2D eigenvalue weighted by atomic mass is 16.5. The third-order valence-electron chi connectivity index (χ3n) is 8.06. The van der Waals surface area contributed by atoms with Crippen molar-refractivity contribution in [2.45, 2.75) is 71.8 Å². The number of benzene rings is 3. The number of likely N-dealkylation sites (N-methyl/N-ethyl adjacent to an activating group) is 1. The summed E-state index contributed by atoms with van der Waals surface area (Å²) in [6.45, 7) is 8.25. The molecule has 3 aromatic rings. The number of hydrogen-bond donors (Lipinski definition) is 2. The third kappa shape index (κ3) is 12.5. The number of nitrogens with one attached hydrogen (secondary N) is 1. The zero-order valence-electron chi connectivity index (χ0n) is 28.2. The summed E-state index contributed by atoms with van der Waals surface area (Å²) in [5.74, 6) is 1.01. The van der Waals surface area contributed by atoms with E-state index < -0.39 is 0 Å². The molecule has 0 saturated carbocycles. The molecule has 0 saturated heterocycles. The lowest BCUT2D eigenvalue weighted by atomic mass is 10.00. The van der Waals surface area contributed by atoms with Gasteiger partial charge in [0.05, 0.1) is 32.4 Å². The van der Waals surface area contributed by atoms with E-state index in [-0.39, 0.29) is 24.4 Å². The van der Waals surface area contributed by atoms with Crippen LogP contribution in [0.15, 0.2) is 66.7 Å². The van der Waals surface area contributed by atoms with Crippen LogP contribution in [0.4, 0.5) is 0 Å². The van der Waals surface area contributed by atoms with Gasteiger partial charge in [0.15, 0.2) is 0 Å². The van der Waals surface area contributed by atoms with Crippen LogP contribution in [0.2, 0.25) is 0 Å². The first-order chi connectivity index (χ1) is 22.3. The third-order valence-corrected chi connectivity index (χ3v) is 8.06. The molecule has 0 bridgehead atoms. The molecule has 0 aliphatic rings. The second-order valence-corrected chi connectivity index (χ2v) is 11.8. The van der Waals surface area contributed by atoms with Crippen molar-refractivity contribution in [2.24, 2.45) is 5.73 Å². The standard InChI is InChI=1S/C38H53N3O5/c1-5-6-7-8-9-10-14-22-46-35-27-33(26-29(2)30(35)3)38(43)41(4)28-36(42)40-21-23-44-24-25-45-34-19-17-32(18-20-34)37(39)31-15-12-11-13-16-31/h11-13,15-20,26-27,37H,5-10,14,21-25,28,39H2,1-4H3,(H,40,42). The lowest BCUT2D eigenvalue weighted by Gasteiger charge is -2.19. The molecule has 1 atom stereocenters. The summed E-state index contributed by atoms with van der Waals surface area (Å²) >= 11 is 0. The van der Waals surface area contributed by atoms with Gasteiger partial charge in [-0.2, -0.15) is 0 Å². The molecule has 3 aromatic carbocycles. The topological polar surface area (TPSA) is 103 Å². The average Bonchev–Trinajstić information content (AvgIpc) is 3.07. The second-order valence-electron chi connectivity index (χ2n) is 11.8. The van der Waals surface area contributed by atoms with Gasteiger partial charge in [0.1, 0.15) is 18.1 Å². The number of unbranched alkanes of at least 4 members (excludes halogenated alkanes) is 6. The van der Waals surface area contributed by atoms with Gasteiger partial charge >= 0.3 is 0 Å². The number of hydrogen-bond acceptors (Lipinski definition) is 6. The van der Waals surface area contributed by atoms with Gasteiger partial charge in [0.2, 0.25) is 5.91 Å². The summed E-state index contributed by atoms with van der Waals surface area (Å²) in [6.07, 6.45) is 8.52. The fraction of sp³-hybridized carbons (Fsp3) is 0.474. The van der Waals surface area contributed by atoms with Gasteiger partial charge in [0, 0.05) is 19.2 Å². The van der Waals surface area contributed by atoms with E-state index in [9.17, 15) is 9.59 Å². The number of ether oxygens (including phenoxy) is 3. The highest BCUT2D eigenvalue weighted by Crippen LogP contribution is 2.25. The Hall–Kier alpha value is -3.88. The zero-order valence-corrected chi connectivity index (χ0v) is 28.2. The van der Waals surface area contributed by atoms with Crippen molar-refractivity contribution >= 4 is 11.8 Å². The lowest BCUT2D eigenvalue weighted by Crippen LogP contribution is -2.39. The van der Waals surface area contributed by atoms with Gasteiger partial charge in [0.25, 0.3) is 5.91 Å². The molecular formula is C38H53N3O5. The number of nitrogens with two attached hydrogens (primary N) is 1. The van der Waals surface area contributed by atoms with Crippen LogP contribution in [0.1, 0.15) is 90.5 Å². The summed E-state index contributed by atoms with van der Waals surface area (Å²) in [7, 11) is 1.63. The van der Waals surface area contributed by atoms with Crippen LogP contribution in [-0.2, 0) is 9.53 Å². The number of rotatable bonds is 21. The molecule has 46 heavy (non-hydrogen) atoms. The van der Waals surface area contributed by atoms with E-state index >= 15 is 0 Å². The maximum atomic E-state index is 13.1. The molecule has 0 aliphatic carbocycles. The largest absolute Gasteiger partial charge is 0.493 e. The molecule has 0 radical (unpaired) electrons. The molecule has 3 N–H and O–H groups in total. The van der Waals surface area contributed by atoms with E-state index in [1.165, 1.54) is 37.0 Å². The quantitative estimate of drug-likeness (QED) is 0.126. The van der Waals surface area contributed by atoms with Crippen LogP contribution in [0.3, 0.4) is 0 Å². The summed E-state index contributed by atoms with van der Waals surface area (Å²) in [4.78, 5) is 27.0. The molecule has 0 heterocycles. The Bertz CT molecular complexity index is 1330. The lowest BCUT2D eigenvalue weighted by molar-refractivity contribution is -0.121. The Morgan fingerprint density at radius 2 is 1.48 bits per heavy atom. The van der Waals surface area contributed by atoms with E-state index in [4.69, 9.17) is 19.9 Å². The van der Waals surface area contributed by atoms with E-state index in [1.54, 1.807) is 13.1 Å². The van der Waals surface area contributed by atoms with Gasteiger partial charge in [-0.1, -0.05) is 87.9 Å². The molecule has 8 heteroatoms. The number of nitrogens with zero attached hydrogens (tertiary/aromatic N) is 1. The Labute approximate surface area is 275 Å². The zero-order chi connectivity index (χ0) is 33.1. The van der Waals surface area contributed by atoms with Crippen molar-refractivity contribution < 1.29 is 23.8 Å². The fourth-order valence-corrected chi connectivity index (χ4v) is 5.11. The van der Waals surface area contributed by atoms with Crippen LogP contribution >= 0.6 is 0 Å². The molecule has 0 aromatic heterocycles. The maximum absolute atomic E-state index is 13.1. The SMILES string of the molecule is CCCCCCCCCOc1cc(C(=O)N(C)CC(=O)NCCOCCOc2ccc(C(N)c3ccccc3)cc2)cc(C)c1C. The van der Waals surface area contributed by atoms with Gasteiger partial charge in [-0.25, -0.2) is 0 Å². The number of carbonyl (C=O) groups is 2. The molecule has 3 rings (SSSR count). The number of amides is 2. The molecule has 2 amide bonds. The first-order valence-electron chi connectivity index (χ1n) is 16.7. The molecule has 8 nitrogen and oxygen atoms in total. The first-order valence-corrected chi connectivity index (χ1v) is 16.7. The Morgan fingerprint density at radius 3 is 2.20 bits per heavy atom. The highest BCUT2D eigenvalue weighted by Gasteiger charge is 2.18. The van der Waals surface area contributed by atoms with Gasteiger partial charge < -0.3 is 30.2 Å².